The van der Waals surface area contributed by atoms with Gasteiger partial charge in [0.2, 0.25) is 0 Å². The predicted molar refractivity (Wildman–Crippen MR) is 55.9 cm³/mol. The molecule has 1 aromatic carbocycles. The summed E-state index contributed by atoms with van der Waals surface area (Å²) in [5.74, 6) is -1.39. The Morgan fingerprint density at radius 3 is 2.31 bits per heavy atom. The average molecular weight is 248 g/mol. The number of rotatable bonds is 3. The largest absolute Gasteiger partial charge is 0.495 e. The van der Waals surface area contributed by atoms with Crippen molar-refractivity contribution in [3.05, 3.63) is 17.9 Å². The molecule has 2 N–H and O–H groups in total. The smallest absolute Gasteiger partial charge is 0.491 e. The van der Waals surface area contributed by atoms with Crippen molar-refractivity contribution in [3.63, 3.8) is 0 Å². The third-order valence-corrected chi connectivity index (χ3v) is 3.08. The Balaban J connectivity index is 3.60. The van der Waals surface area contributed by atoms with E-state index in [0.29, 0.717) is 0 Å². The van der Waals surface area contributed by atoms with Gasteiger partial charge < -0.3 is 14.8 Å². The number of methoxy groups -OCH3 is 1. The molecule has 5 nitrogen and oxygen atoms in total. The summed E-state index contributed by atoms with van der Waals surface area (Å²) in [7, 11) is -4.74. The first kappa shape index (κ1) is 13.0. The van der Waals surface area contributed by atoms with Gasteiger partial charge in [-0.15, -0.1) is 0 Å². The summed E-state index contributed by atoms with van der Waals surface area (Å²) in [6.45, 7) is 0. The molecule has 0 bridgehead atoms. The van der Waals surface area contributed by atoms with E-state index < -0.39 is 33.1 Å². The average Bonchev–Trinajstić information content (AvgIpc) is 2.14. The molecule has 0 aliphatic heterocycles. The van der Waals surface area contributed by atoms with Gasteiger partial charge in [-0.25, -0.2) is 12.8 Å². The van der Waals surface area contributed by atoms with Gasteiger partial charge in [-0.3, -0.25) is 0 Å². The van der Waals surface area contributed by atoms with E-state index in [2.05, 4.69) is 0 Å². The standard InChI is InChI=1S/C8H10BFO5S/c1-15-6-4-3-5(9(11)12)7(10)8(6)16(2,13)14/h3-4,11-12H,1-2H3. The fourth-order valence-electron chi connectivity index (χ4n) is 1.26. The number of ether oxygens (including phenoxy) is 1. The van der Waals surface area contributed by atoms with Crippen molar-refractivity contribution in [2.24, 2.45) is 0 Å². The highest BCUT2D eigenvalue weighted by Gasteiger charge is 2.27. The highest BCUT2D eigenvalue weighted by atomic mass is 32.2. The van der Waals surface area contributed by atoms with Crippen LogP contribution in [0.1, 0.15) is 0 Å². The van der Waals surface area contributed by atoms with Crippen molar-refractivity contribution in [2.75, 3.05) is 13.4 Å². The van der Waals surface area contributed by atoms with Crippen molar-refractivity contribution in [1.29, 1.82) is 0 Å². The minimum absolute atomic E-state index is 0.176. The topological polar surface area (TPSA) is 83.8 Å². The maximum Gasteiger partial charge on any atom is 0.491 e. The molecule has 0 saturated carbocycles. The van der Waals surface area contributed by atoms with E-state index >= 15 is 0 Å². The first-order chi connectivity index (χ1) is 7.29. The minimum atomic E-state index is -3.85. The predicted octanol–water partition coefficient (Wildman–Crippen LogP) is -1.08. The Kier molecular flexibility index (Phi) is 3.56. The van der Waals surface area contributed by atoms with Gasteiger partial charge >= 0.3 is 7.12 Å². The van der Waals surface area contributed by atoms with Crippen LogP contribution in [0.15, 0.2) is 17.0 Å². The summed E-state index contributed by atoms with van der Waals surface area (Å²) in [5.41, 5.74) is -0.513. The fourth-order valence-corrected chi connectivity index (χ4v) is 2.22. The molecule has 0 amide bonds. The second kappa shape index (κ2) is 4.40. The van der Waals surface area contributed by atoms with Crippen LogP contribution in [0.4, 0.5) is 4.39 Å². The van der Waals surface area contributed by atoms with Gasteiger partial charge in [0.05, 0.1) is 7.11 Å². The Hall–Kier alpha value is -1.12. The molecule has 0 radical (unpaired) electrons. The van der Waals surface area contributed by atoms with Crippen LogP contribution in [0, 0.1) is 5.82 Å². The molecule has 0 spiro atoms. The summed E-state index contributed by atoms with van der Waals surface area (Å²) in [5, 5.41) is 17.7. The number of benzene rings is 1. The van der Waals surface area contributed by atoms with Crippen molar-refractivity contribution in [3.8, 4) is 5.75 Å². The number of halogens is 1. The van der Waals surface area contributed by atoms with E-state index in [1.165, 1.54) is 7.11 Å². The summed E-state index contributed by atoms with van der Waals surface area (Å²) in [4.78, 5) is -0.680. The molecule has 0 heterocycles. The van der Waals surface area contributed by atoms with Crippen LogP contribution in [0.25, 0.3) is 0 Å². The lowest BCUT2D eigenvalue weighted by Crippen LogP contribution is -2.34. The van der Waals surface area contributed by atoms with Crippen molar-refractivity contribution >= 4 is 22.4 Å². The Bertz CT molecular complexity index is 499. The van der Waals surface area contributed by atoms with Gasteiger partial charge in [-0.2, -0.15) is 0 Å². The second-order valence-electron chi connectivity index (χ2n) is 3.15. The summed E-state index contributed by atoms with van der Waals surface area (Å²) >= 11 is 0. The molecule has 0 aliphatic carbocycles. The normalized spacial score (nSPS) is 11.3. The Morgan fingerprint density at radius 2 is 1.94 bits per heavy atom. The molecule has 0 aliphatic rings. The van der Waals surface area contributed by atoms with Gasteiger partial charge in [0.25, 0.3) is 0 Å². The summed E-state index contributed by atoms with van der Waals surface area (Å²) in [6.07, 6.45) is 0.807. The molecule has 0 unspecified atom stereocenters. The zero-order chi connectivity index (χ0) is 12.5. The molecule has 0 fully saturated rings. The van der Waals surface area contributed by atoms with Gasteiger partial charge in [0.1, 0.15) is 16.5 Å². The molecule has 0 saturated heterocycles. The van der Waals surface area contributed by atoms with E-state index in [-0.39, 0.29) is 5.75 Å². The summed E-state index contributed by atoms with van der Waals surface area (Å²) < 4.78 is 41.0. The van der Waals surface area contributed by atoms with Gasteiger partial charge in [0.15, 0.2) is 9.84 Å². The number of sulfone groups is 1. The molecule has 88 valence electrons. The van der Waals surface area contributed by atoms with Gasteiger partial charge in [0, 0.05) is 11.7 Å². The van der Waals surface area contributed by atoms with E-state index in [9.17, 15) is 12.8 Å². The summed E-state index contributed by atoms with van der Waals surface area (Å²) in [6, 6.07) is 2.21. The zero-order valence-corrected chi connectivity index (χ0v) is 9.45. The van der Waals surface area contributed by atoms with Crippen LogP contribution in [0.5, 0.6) is 5.75 Å². The van der Waals surface area contributed by atoms with Crippen molar-refractivity contribution < 1.29 is 27.6 Å². The van der Waals surface area contributed by atoms with Crippen LogP contribution in [0.3, 0.4) is 0 Å². The quantitative estimate of drug-likeness (QED) is 0.664. The second-order valence-corrected chi connectivity index (χ2v) is 5.10. The first-order valence-corrected chi connectivity index (χ1v) is 6.10. The highest BCUT2D eigenvalue weighted by Crippen LogP contribution is 2.25. The Labute approximate surface area is 92.5 Å². The molecule has 0 aromatic heterocycles. The molecule has 1 rings (SSSR count). The third-order valence-electron chi connectivity index (χ3n) is 1.96. The van der Waals surface area contributed by atoms with Crippen LogP contribution >= 0.6 is 0 Å². The molecule has 1 aromatic rings. The van der Waals surface area contributed by atoms with E-state index in [0.717, 1.165) is 18.4 Å². The van der Waals surface area contributed by atoms with Crippen LogP contribution < -0.4 is 10.2 Å². The van der Waals surface area contributed by atoms with Crippen molar-refractivity contribution in [2.45, 2.75) is 4.90 Å². The zero-order valence-electron chi connectivity index (χ0n) is 8.64. The highest BCUT2D eigenvalue weighted by molar-refractivity contribution is 7.90. The number of hydrogen-bond donors (Lipinski definition) is 2. The van der Waals surface area contributed by atoms with E-state index in [4.69, 9.17) is 14.8 Å². The monoisotopic (exact) mass is 248 g/mol. The van der Waals surface area contributed by atoms with Gasteiger partial charge in [-0.1, -0.05) is 6.07 Å². The minimum Gasteiger partial charge on any atom is -0.495 e. The van der Waals surface area contributed by atoms with Crippen LogP contribution in [0.2, 0.25) is 0 Å². The third kappa shape index (κ3) is 2.34. The lowest BCUT2D eigenvalue weighted by atomic mass is 9.80. The SMILES string of the molecule is COc1ccc(B(O)O)c(F)c1S(C)(=O)=O. The molecule has 0 atom stereocenters. The fraction of sp³-hybridized carbons (Fsp3) is 0.250. The lowest BCUT2D eigenvalue weighted by molar-refractivity contribution is 0.393. The lowest BCUT2D eigenvalue weighted by Gasteiger charge is -2.10. The number of hydrogen-bond acceptors (Lipinski definition) is 5. The molecular formula is C8H10BFO5S. The van der Waals surface area contributed by atoms with E-state index in [1.807, 2.05) is 0 Å². The molecular weight excluding hydrogens is 238 g/mol. The maximum atomic E-state index is 13.7. The van der Waals surface area contributed by atoms with Gasteiger partial charge in [-0.05, 0) is 6.07 Å². The first-order valence-electron chi connectivity index (χ1n) is 4.21. The molecule has 16 heavy (non-hydrogen) atoms. The van der Waals surface area contributed by atoms with Crippen LogP contribution in [-0.4, -0.2) is 38.9 Å². The van der Waals surface area contributed by atoms with E-state index in [1.54, 1.807) is 0 Å². The van der Waals surface area contributed by atoms with Crippen molar-refractivity contribution in [1.82, 2.24) is 0 Å². The maximum absolute atomic E-state index is 13.7. The Morgan fingerprint density at radius 1 is 1.38 bits per heavy atom. The van der Waals surface area contributed by atoms with Crippen LogP contribution in [-0.2, 0) is 9.84 Å². The molecule has 8 heteroatoms.